The van der Waals surface area contributed by atoms with Gasteiger partial charge in [0.05, 0.1) is 0 Å². The average Bonchev–Trinajstić information content (AvgIpc) is 2.51. The quantitative estimate of drug-likeness (QED) is 0.529. The van der Waals surface area contributed by atoms with Gasteiger partial charge in [-0.1, -0.05) is 6.92 Å². The third-order valence-corrected chi connectivity index (χ3v) is 2.43. The van der Waals surface area contributed by atoms with Gasteiger partial charge in [0, 0.05) is 31.4 Å². The van der Waals surface area contributed by atoms with Gasteiger partial charge in [0.1, 0.15) is 0 Å². The Morgan fingerprint density at radius 3 is 2.43 bits per heavy atom. The molecule has 0 unspecified atom stereocenters. The summed E-state index contributed by atoms with van der Waals surface area (Å²) in [6.07, 6.45) is 6.64. The van der Waals surface area contributed by atoms with Crippen LogP contribution in [0.3, 0.4) is 0 Å². The van der Waals surface area contributed by atoms with Crippen LogP contribution in [0.1, 0.15) is 26.2 Å². The summed E-state index contributed by atoms with van der Waals surface area (Å²) in [5, 5.41) is 0. The summed E-state index contributed by atoms with van der Waals surface area (Å²) in [5.41, 5.74) is 0.0985. The first-order valence-corrected chi connectivity index (χ1v) is 5.64. The van der Waals surface area contributed by atoms with Crippen molar-refractivity contribution < 1.29 is 0 Å². The number of aromatic nitrogens is 2. The molecule has 0 aliphatic rings. The number of unbranched alkanes of at least 4 members (excludes halogenated alkanes) is 1. The first-order valence-electron chi connectivity index (χ1n) is 5.11. The van der Waals surface area contributed by atoms with Gasteiger partial charge >= 0.3 is 5.69 Å². The van der Waals surface area contributed by atoms with Crippen molar-refractivity contribution in [1.82, 2.24) is 9.13 Å². The van der Waals surface area contributed by atoms with E-state index in [1.807, 2.05) is 12.4 Å². The molecule has 80 valence electrons. The van der Waals surface area contributed by atoms with Gasteiger partial charge in [-0.15, -0.1) is 11.6 Å². The Morgan fingerprint density at radius 1 is 1.21 bits per heavy atom. The lowest BCUT2D eigenvalue weighted by atomic mass is 10.3. The van der Waals surface area contributed by atoms with E-state index in [1.54, 1.807) is 9.13 Å². The smallest absolute Gasteiger partial charge is 0.299 e. The highest BCUT2D eigenvalue weighted by Gasteiger charge is 2.00. The summed E-state index contributed by atoms with van der Waals surface area (Å²) in [6, 6.07) is 0. The predicted octanol–water partition coefficient (Wildman–Crippen LogP) is 2.08. The maximum Gasteiger partial charge on any atom is 0.328 e. The van der Waals surface area contributed by atoms with E-state index >= 15 is 0 Å². The van der Waals surface area contributed by atoms with Crippen LogP contribution >= 0.6 is 11.6 Å². The monoisotopic (exact) mass is 216 g/mol. The van der Waals surface area contributed by atoms with Crippen molar-refractivity contribution in [2.75, 3.05) is 5.88 Å². The first-order chi connectivity index (χ1) is 6.79. The lowest BCUT2D eigenvalue weighted by molar-refractivity contribution is 0.577. The van der Waals surface area contributed by atoms with Crippen molar-refractivity contribution in [3.05, 3.63) is 22.9 Å². The maximum absolute atomic E-state index is 11.6. The van der Waals surface area contributed by atoms with Crippen LogP contribution in [-0.4, -0.2) is 15.0 Å². The van der Waals surface area contributed by atoms with Crippen LogP contribution in [-0.2, 0) is 13.1 Å². The van der Waals surface area contributed by atoms with Crippen molar-refractivity contribution in [2.45, 2.75) is 39.3 Å². The lowest BCUT2D eigenvalue weighted by Crippen LogP contribution is -2.24. The van der Waals surface area contributed by atoms with E-state index in [-0.39, 0.29) is 5.69 Å². The topological polar surface area (TPSA) is 26.9 Å². The standard InChI is InChI=1S/C10H17ClN2O/c1-2-6-12-8-9-13(10(12)14)7-4-3-5-11/h8-9H,2-7H2,1H3. The highest BCUT2D eigenvalue weighted by molar-refractivity contribution is 6.17. The third-order valence-electron chi connectivity index (χ3n) is 2.17. The number of aryl methyl sites for hydroxylation is 2. The fourth-order valence-electron chi connectivity index (χ4n) is 1.41. The van der Waals surface area contributed by atoms with Crippen molar-refractivity contribution in [3.63, 3.8) is 0 Å². The Balaban J connectivity index is 2.56. The molecule has 0 spiro atoms. The molecule has 0 radical (unpaired) electrons. The van der Waals surface area contributed by atoms with Crippen molar-refractivity contribution in [2.24, 2.45) is 0 Å². The summed E-state index contributed by atoms with van der Waals surface area (Å²) in [6.45, 7) is 3.65. The highest BCUT2D eigenvalue weighted by atomic mass is 35.5. The molecule has 0 amide bonds. The van der Waals surface area contributed by atoms with Gasteiger partial charge < -0.3 is 0 Å². The molecule has 0 bridgehead atoms. The second-order valence-corrected chi connectivity index (χ2v) is 3.74. The number of imidazole rings is 1. The Labute approximate surface area is 89.3 Å². The summed E-state index contributed by atoms with van der Waals surface area (Å²) in [5.74, 6) is 0.671. The summed E-state index contributed by atoms with van der Waals surface area (Å²) in [4.78, 5) is 11.6. The van der Waals surface area contributed by atoms with Crippen LogP contribution in [0.5, 0.6) is 0 Å². The second-order valence-electron chi connectivity index (χ2n) is 3.36. The molecule has 1 heterocycles. The summed E-state index contributed by atoms with van der Waals surface area (Å²) < 4.78 is 3.50. The van der Waals surface area contributed by atoms with Gasteiger partial charge in [-0.05, 0) is 19.3 Å². The Kier molecular flexibility index (Phi) is 4.80. The normalized spacial score (nSPS) is 10.7. The minimum atomic E-state index is 0.0985. The van der Waals surface area contributed by atoms with E-state index in [4.69, 9.17) is 11.6 Å². The van der Waals surface area contributed by atoms with E-state index in [2.05, 4.69) is 6.92 Å². The molecule has 14 heavy (non-hydrogen) atoms. The molecule has 4 heteroatoms. The number of alkyl halides is 1. The summed E-state index contributed by atoms with van der Waals surface area (Å²) in [7, 11) is 0. The van der Waals surface area contributed by atoms with Gasteiger partial charge in [-0.25, -0.2) is 4.79 Å². The fraction of sp³-hybridized carbons (Fsp3) is 0.700. The summed E-state index contributed by atoms with van der Waals surface area (Å²) >= 11 is 5.57. The fourth-order valence-corrected chi connectivity index (χ4v) is 1.60. The highest BCUT2D eigenvalue weighted by Crippen LogP contribution is 1.95. The van der Waals surface area contributed by atoms with Gasteiger partial charge in [-0.2, -0.15) is 0 Å². The SMILES string of the molecule is CCCn1ccn(CCCCCl)c1=O. The van der Waals surface area contributed by atoms with Crippen molar-refractivity contribution in [1.29, 1.82) is 0 Å². The maximum atomic E-state index is 11.6. The minimum absolute atomic E-state index is 0.0985. The van der Waals surface area contributed by atoms with E-state index in [1.165, 1.54) is 0 Å². The van der Waals surface area contributed by atoms with Crippen LogP contribution in [0.15, 0.2) is 17.2 Å². The number of halogens is 1. The van der Waals surface area contributed by atoms with Crippen molar-refractivity contribution >= 4 is 11.6 Å². The first kappa shape index (κ1) is 11.4. The molecule has 3 nitrogen and oxygen atoms in total. The molecule has 0 saturated heterocycles. The minimum Gasteiger partial charge on any atom is -0.299 e. The molecular weight excluding hydrogens is 200 g/mol. The van der Waals surface area contributed by atoms with Crippen LogP contribution < -0.4 is 5.69 Å². The number of nitrogens with zero attached hydrogens (tertiary/aromatic N) is 2. The largest absolute Gasteiger partial charge is 0.328 e. The number of rotatable bonds is 6. The molecule has 0 aromatic carbocycles. The zero-order valence-electron chi connectivity index (χ0n) is 8.58. The van der Waals surface area contributed by atoms with Gasteiger partial charge in [0.15, 0.2) is 0 Å². The third kappa shape index (κ3) is 2.91. The molecule has 0 aliphatic carbocycles. The predicted molar refractivity (Wildman–Crippen MR) is 58.9 cm³/mol. The van der Waals surface area contributed by atoms with E-state index in [0.717, 1.165) is 32.4 Å². The van der Waals surface area contributed by atoms with Crippen LogP contribution in [0.25, 0.3) is 0 Å². The molecule has 1 aromatic heterocycles. The molecule has 0 atom stereocenters. The second kappa shape index (κ2) is 5.91. The molecule has 1 aromatic rings. The Morgan fingerprint density at radius 2 is 1.86 bits per heavy atom. The van der Waals surface area contributed by atoms with Crippen molar-refractivity contribution in [3.8, 4) is 0 Å². The lowest BCUT2D eigenvalue weighted by Gasteiger charge is -1.99. The van der Waals surface area contributed by atoms with E-state index in [0.29, 0.717) is 5.88 Å². The van der Waals surface area contributed by atoms with Crippen LogP contribution in [0.2, 0.25) is 0 Å². The number of hydrogen-bond acceptors (Lipinski definition) is 1. The number of hydrogen-bond donors (Lipinski definition) is 0. The Hall–Kier alpha value is -0.700. The van der Waals surface area contributed by atoms with Gasteiger partial charge in [0.2, 0.25) is 0 Å². The molecule has 0 N–H and O–H groups in total. The van der Waals surface area contributed by atoms with Crippen LogP contribution in [0.4, 0.5) is 0 Å². The zero-order valence-corrected chi connectivity index (χ0v) is 9.33. The van der Waals surface area contributed by atoms with E-state index in [9.17, 15) is 4.79 Å². The van der Waals surface area contributed by atoms with Gasteiger partial charge in [0.25, 0.3) is 0 Å². The molecule has 1 rings (SSSR count). The molecule has 0 saturated carbocycles. The molecule has 0 aliphatic heterocycles. The van der Waals surface area contributed by atoms with E-state index < -0.39 is 0 Å². The van der Waals surface area contributed by atoms with Crippen LogP contribution in [0, 0.1) is 0 Å². The molecule has 0 fully saturated rings. The zero-order chi connectivity index (χ0) is 10.4. The van der Waals surface area contributed by atoms with Gasteiger partial charge in [-0.3, -0.25) is 9.13 Å². The molecular formula is C10H17ClN2O. The average molecular weight is 217 g/mol. The Bertz CT molecular complexity index is 316.